The van der Waals surface area contributed by atoms with Gasteiger partial charge in [0.05, 0.1) is 31.8 Å². The van der Waals surface area contributed by atoms with E-state index in [1.807, 2.05) is 0 Å². The zero-order valence-electron chi connectivity index (χ0n) is 30.8. The summed E-state index contributed by atoms with van der Waals surface area (Å²) in [6, 6.07) is 0. The fraction of sp³-hybridized carbons (Fsp3) is 0.811. The number of rotatable bonds is 9. The van der Waals surface area contributed by atoms with Gasteiger partial charge in [-0.25, -0.2) is 0 Å². The number of carbonyl (C=O) groups excluding carboxylic acids is 1. The molecule has 4 rings (SSSR count). The molecule has 0 spiro atoms. The van der Waals surface area contributed by atoms with Crippen molar-refractivity contribution in [3.8, 4) is 0 Å². The Bertz CT molecular complexity index is 1190. The van der Waals surface area contributed by atoms with Crippen molar-refractivity contribution in [1.82, 2.24) is 4.90 Å². The van der Waals surface area contributed by atoms with Gasteiger partial charge in [-0.2, -0.15) is 0 Å². The van der Waals surface area contributed by atoms with E-state index in [1.165, 1.54) is 18.4 Å². The first-order chi connectivity index (χ1) is 20.0. The highest BCUT2D eigenvalue weighted by atomic mass is 28.4. The maximum Gasteiger partial charge on any atom is 0.224 e. The van der Waals surface area contributed by atoms with E-state index < -0.39 is 16.6 Å². The van der Waals surface area contributed by atoms with Crippen LogP contribution in [0.1, 0.15) is 93.9 Å². The van der Waals surface area contributed by atoms with E-state index in [9.17, 15) is 4.79 Å². The Hall–Kier alpha value is -0.996. The quantitative estimate of drug-likeness (QED) is 0.143. The normalized spacial score (nSPS) is 32.6. The van der Waals surface area contributed by atoms with Crippen LogP contribution in [0.3, 0.4) is 0 Å². The highest BCUT2D eigenvalue weighted by Gasteiger charge is 2.59. The van der Waals surface area contributed by atoms with E-state index in [0.717, 1.165) is 19.3 Å². The molecule has 6 atom stereocenters. The van der Waals surface area contributed by atoms with Gasteiger partial charge >= 0.3 is 0 Å². The van der Waals surface area contributed by atoms with Gasteiger partial charge in [0.25, 0.3) is 0 Å². The van der Waals surface area contributed by atoms with Crippen LogP contribution in [0.4, 0.5) is 0 Å². The average Bonchev–Trinajstić information content (AvgIpc) is 3.21. The lowest BCUT2D eigenvalue weighted by molar-refractivity contribution is -0.129. The molecule has 250 valence electrons. The summed E-state index contributed by atoms with van der Waals surface area (Å²) in [5, 5.41) is 0.338. The summed E-state index contributed by atoms with van der Waals surface area (Å²) in [5.41, 5.74) is 4.72. The summed E-state index contributed by atoms with van der Waals surface area (Å²) in [6.07, 6.45) is 13.7. The van der Waals surface area contributed by atoms with E-state index in [-0.39, 0.29) is 39.0 Å². The summed E-state index contributed by atoms with van der Waals surface area (Å²) in [7, 11) is -0.338. The smallest absolute Gasteiger partial charge is 0.224 e. The van der Waals surface area contributed by atoms with E-state index in [4.69, 9.17) is 13.6 Å². The van der Waals surface area contributed by atoms with Crippen molar-refractivity contribution in [1.29, 1.82) is 0 Å². The molecular weight excluding hydrogens is 579 g/mol. The molecule has 0 heterocycles. The standard InChI is InChI=1S/C37H65NO4Si2/c1-34(2,3)43(11,12)41-28-23-26-15-17-29-30-18-16-27(25-40-22-20-33(39)38(9)10)36(30,7)21-19-31(29)37(26,8)32(24-28)42-44(13,14)35(4,5)6/h15-17,28,30-32H,18-25H2,1-14H3/t28-,30+,31+,32+,36-,37+/m1/s1. The third-order valence-electron chi connectivity index (χ3n) is 13.1. The van der Waals surface area contributed by atoms with Crippen LogP contribution in [-0.4, -0.2) is 67.0 Å². The minimum atomic E-state index is -2.03. The van der Waals surface area contributed by atoms with E-state index in [0.29, 0.717) is 31.5 Å². The van der Waals surface area contributed by atoms with Crippen LogP contribution in [0, 0.1) is 22.7 Å². The number of carbonyl (C=O) groups is 1. The van der Waals surface area contributed by atoms with Crippen molar-refractivity contribution in [2.24, 2.45) is 22.7 Å². The van der Waals surface area contributed by atoms with Gasteiger partial charge in [-0.1, -0.05) is 84.8 Å². The number of allylic oxidation sites excluding steroid dienone is 4. The van der Waals surface area contributed by atoms with Gasteiger partial charge in [0.1, 0.15) is 0 Å². The topological polar surface area (TPSA) is 48.0 Å². The highest BCUT2D eigenvalue weighted by molar-refractivity contribution is 6.74. The van der Waals surface area contributed by atoms with Crippen molar-refractivity contribution >= 4 is 22.5 Å². The van der Waals surface area contributed by atoms with Gasteiger partial charge in [-0.3, -0.25) is 4.79 Å². The van der Waals surface area contributed by atoms with Gasteiger partial charge in [0.2, 0.25) is 5.91 Å². The van der Waals surface area contributed by atoms with Crippen LogP contribution in [0.15, 0.2) is 34.9 Å². The van der Waals surface area contributed by atoms with Crippen LogP contribution in [0.25, 0.3) is 0 Å². The largest absolute Gasteiger partial charge is 0.414 e. The van der Waals surface area contributed by atoms with Gasteiger partial charge in [-0.05, 0) is 91.2 Å². The molecule has 44 heavy (non-hydrogen) atoms. The molecule has 0 aromatic heterocycles. The van der Waals surface area contributed by atoms with Crippen LogP contribution >= 0.6 is 0 Å². The van der Waals surface area contributed by atoms with Gasteiger partial charge in [0.15, 0.2) is 16.6 Å². The summed E-state index contributed by atoms with van der Waals surface area (Å²) in [6.45, 7) is 29.9. The third kappa shape index (κ3) is 6.56. The molecule has 0 bridgehead atoms. The predicted octanol–water partition coefficient (Wildman–Crippen LogP) is 9.29. The molecule has 0 unspecified atom stereocenters. The summed E-state index contributed by atoms with van der Waals surface area (Å²) < 4.78 is 20.7. The van der Waals surface area contributed by atoms with Gasteiger partial charge in [-0.15, -0.1) is 0 Å². The molecular formula is C37H65NO4Si2. The molecule has 0 aliphatic heterocycles. The Labute approximate surface area is 272 Å². The maximum absolute atomic E-state index is 12.0. The second-order valence-corrected chi connectivity index (χ2v) is 27.6. The molecule has 7 heteroatoms. The highest BCUT2D eigenvalue weighted by Crippen LogP contribution is 2.64. The fourth-order valence-electron chi connectivity index (χ4n) is 7.85. The molecule has 4 aliphatic carbocycles. The number of hydrogen-bond donors (Lipinski definition) is 0. The summed E-state index contributed by atoms with van der Waals surface area (Å²) in [4.78, 5) is 13.7. The maximum atomic E-state index is 12.0. The lowest BCUT2D eigenvalue weighted by Crippen LogP contribution is -2.58. The molecule has 0 saturated heterocycles. The third-order valence-corrected chi connectivity index (χ3v) is 22.1. The van der Waals surface area contributed by atoms with Crippen molar-refractivity contribution in [2.75, 3.05) is 27.3 Å². The first kappa shape index (κ1) is 35.9. The Morgan fingerprint density at radius 3 is 2.16 bits per heavy atom. The molecule has 0 aromatic rings. The molecule has 0 radical (unpaired) electrons. The van der Waals surface area contributed by atoms with Crippen LogP contribution < -0.4 is 0 Å². The Kier molecular flexibility index (Phi) is 9.96. The van der Waals surface area contributed by atoms with Crippen molar-refractivity contribution in [3.05, 3.63) is 34.9 Å². The molecule has 0 N–H and O–H groups in total. The summed E-state index contributed by atoms with van der Waals surface area (Å²) in [5.74, 6) is 1.13. The van der Waals surface area contributed by atoms with Gasteiger partial charge < -0.3 is 18.5 Å². The first-order valence-electron chi connectivity index (χ1n) is 17.3. The lowest BCUT2D eigenvalue weighted by atomic mass is 9.50. The number of fused-ring (bicyclic) bond motifs is 5. The van der Waals surface area contributed by atoms with E-state index in [1.54, 1.807) is 30.1 Å². The van der Waals surface area contributed by atoms with Crippen LogP contribution in [-0.2, 0) is 18.4 Å². The zero-order chi connectivity index (χ0) is 33.1. The number of nitrogens with zero attached hydrogens (tertiary/aromatic N) is 1. The lowest BCUT2D eigenvalue weighted by Gasteiger charge is -2.59. The molecule has 5 nitrogen and oxygen atoms in total. The molecule has 1 amide bonds. The minimum absolute atomic E-state index is 0.0139. The number of hydrogen-bond acceptors (Lipinski definition) is 4. The summed E-state index contributed by atoms with van der Waals surface area (Å²) >= 11 is 0. The Morgan fingerprint density at radius 1 is 0.955 bits per heavy atom. The zero-order valence-corrected chi connectivity index (χ0v) is 32.8. The fourth-order valence-corrected chi connectivity index (χ4v) is 10.6. The van der Waals surface area contributed by atoms with Crippen molar-refractivity contribution in [2.45, 2.75) is 142 Å². The molecule has 2 fully saturated rings. The van der Waals surface area contributed by atoms with Crippen molar-refractivity contribution in [3.63, 3.8) is 0 Å². The van der Waals surface area contributed by atoms with Crippen LogP contribution in [0.2, 0.25) is 36.3 Å². The molecule has 4 aliphatic rings. The second kappa shape index (κ2) is 12.2. The first-order valence-corrected chi connectivity index (χ1v) is 23.1. The molecule has 0 aromatic carbocycles. The van der Waals surface area contributed by atoms with E-state index in [2.05, 4.69) is 99.8 Å². The molecule has 2 saturated carbocycles. The SMILES string of the molecule is CN(C)C(=O)CCOCC1=CC[C@H]2C3=CC=C4C[C@@H](O[Si](C)(C)C(C)(C)C)C[C@H](O[Si](C)(C)C(C)(C)C)[C@]4(C)[C@H]3CC[C@]12C. The Balaban J connectivity index is 1.61. The second-order valence-electron chi connectivity index (χ2n) is 18.1. The van der Waals surface area contributed by atoms with Crippen molar-refractivity contribution < 1.29 is 18.4 Å². The predicted molar refractivity (Wildman–Crippen MR) is 189 cm³/mol. The monoisotopic (exact) mass is 643 g/mol. The number of amides is 1. The van der Waals surface area contributed by atoms with Gasteiger partial charge in [0, 0.05) is 19.5 Å². The van der Waals surface area contributed by atoms with Crippen LogP contribution in [0.5, 0.6) is 0 Å². The average molecular weight is 644 g/mol. The minimum Gasteiger partial charge on any atom is -0.414 e. The Morgan fingerprint density at radius 2 is 1.57 bits per heavy atom. The number of ether oxygens (including phenoxy) is 1. The van der Waals surface area contributed by atoms with E-state index >= 15 is 0 Å².